The van der Waals surface area contributed by atoms with Crippen LogP contribution < -0.4 is 15.5 Å². The maximum absolute atomic E-state index is 4.73. The third-order valence-electron chi connectivity index (χ3n) is 4.63. The van der Waals surface area contributed by atoms with Gasteiger partial charge < -0.3 is 15.5 Å². The average Bonchev–Trinajstić information content (AvgIpc) is 3.10. The highest BCUT2D eigenvalue weighted by molar-refractivity contribution is 5.86. The Balaban J connectivity index is 1.55. The van der Waals surface area contributed by atoms with Crippen molar-refractivity contribution >= 4 is 23.7 Å². The van der Waals surface area contributed by atoms with Gasteiger partial charge in [-0.25, -0.2) is 4.98 Å². The highest BCUT2D eigenvalue weighted by atomic mass is 15.3. The molecule has 24 heavy (non-hydrogen) atoms. The van der Waals surface area contributed by atoms with Gasteiger partial charge in [0, 0.05) is 43.8 Å². The smallest absolute Gasteiger partial charge is 0.227 e. The molecule has 0 amide bonds. The lowest BCUT2D eigenvalue weighted by Crippen LogP contribution is -2.51. The number of aromatic nitrogens is 2. The van der Waals surface area contributed by atoms with Gasteiger partial charge in [0.2, 0.25) is 5.95 Å². The maximum atomic E-state index is 4.73. The lowest BCUT2D eigenvalue weighted by atomic mass is 10.1. The van der Waals surface area contributed by atoms with Crippen molar-refractivity contribution in [1.29, 1.82) is 0 Å². The van der Waals surface area contributed by atoms with Crippen LogP contribution in [0.4, 0.5) is 17.5 Å². The fourth-order valence-corrected chi connectivity index (χ4v) is 3.27. The van der Waals surface area contributed by atoms with Gasteiger partial charge in [-0.3, -0.25) is 4.99 Å². The summed E-state index contributed by atoms with van der Waals surface area (Å²) in [5, 5.41) is 6.83. The van der Waals surface area contributed by atoms with Gasteiger partial charge in [-0.05, 0) is 35.7 Å². The molecule has 6 nitrogen and oxygen atoms in total. The highest BCUT2D eigenvalue weighted by Crippen LogP contribution is 2.23. The van der Waals surface area contributed by atoms with Crippen molar-refractivity contribution in [3.05, 3.63) is 41.6 Å². The molecule has 4 rings (SSSR count). The van der Waals surface area contributed by atoms with Crippen molar-refractivity contribution in [2.24, 2.45) is 4.99 Å². The molecule has 2 aromatic rings. The zero-order valence-electron chi connectivity index (χ0n) is 13.9. The van der Waals surface area contributed by atoms with Crippen molar-refractivity contribution in [1.82, 2.24) is 15.3 Å². The standard InChI is InChI=1S/C18H22N6/c1-2-16-12-19-7-8-24(16)18-21-6-5-17(23-18)22-15-4-3-13-10-20-11-14(13)9-15/h3-6,9,11,16,19H,2,7-8,10,12H2,1H3,(H,21,22,23). The number of hydrogen-bond donors (Lipinski definition) is 2. The summed E-state index contributed by atoms with van der Waals surface area (Å²) < 4.78 is 0. The Kier molecular flexibility index (Phi) is 4.13. The van der Waals surface area contributed by atoms with Crippen LogP contribution in [0.1, 0.15) is 24.5 Å². The first kappa shape index (κ1) is 15.1. The van der Waals surface area contributed by atoms with E-state index in [0.717, 1.165) is 50.1 Å². The Labute approximate surface area is 142 Å². The second kappa shape index (κ2) is 6.57. The van der Waals surface area contributed by atoms with Crippen LogP contribution in [0.3, 0.4) is 0 Å². The van der Waals surface area contributed by atoms with Crippen LogP contribution in [0.2, 0.25) is 0 Å². The molecule has 0 saturated carbocycles. The molecule has 3 heterocycles. The normalized spacial score (nSPS) is 19.4. The number of nitrogens with zero attached hydrogens (tertiary/aromatic N) is 4. The van der Waals surface area contributed by atoms with Gasteiger partial charge in [0.1, 0.15) is 5.82 Å². The van der Waals surface area contributed by atoms with Crippen molar-refractivity contribution in [2.45, 2.75) is 25.9 Å². The van der Waals surface area contributed by atoms with E-state index in [4.69, 9.17) is 4.98 Å². The monoisotopic (exact) mass is 322 g/mol. The fraction of sp³-hybridized carbons (Fsp3) is 0.389. The molecule has 1 aromatic heterocycles. The molecule has 0 spiro atoms. The van der Waals surface area contributed by atoms with Crippen LogP contribution in [-0.2, 0) is 6.54 Å². The van der Waals surface area contributed by atoms with Gasteiger partial charge in [-0.1, -0.05) is 13.0 Å². The Morgan fingerprint density at radius 2 is 2.29 bits per heavy atom. The Morgan fingerprint density at radius 3 is 3.21 bits per heavy atom. The molecule has 1 saturated heterocycles. The number of fused-ring (bicyclic) bond motifs is 1. The molecule has 1 atom stereocenters. The van der Waals surface area contributed by atoms with Crippen LogP contribution in [0.25, 0.3) is 0 Å². The van der Waals surface area contributed by atoms with E-state index in [-0.39, 0.29) is 0 Å². The summed E-state index contributed by atoms with van der Waals surface area (Å²) in [6.07, 6.45) is 4.84. The average molecular weight is 322 g/mol. The number of hydrogen-bond acceptors (Lipinski definition) is 6. The summed E-state index contributed by atoms with van der Waals surface area (Å²) in [6, 6.07) is 8.68. The first-order chi connectivity index (χ1) is 11.8. The molecule has 0 radical (unpaired) electrons. The summed E-state index contributed by atoms with van der Waals surface area (Å²) in [5.41, 5.74) is 3.48. The zero-order chi connectivity index (χ0) is 16.4. The van der Waals surface area contributed by atoms with Gasteiger partial charge in [-0.15, -0.1) is 0 Å². The van der Waals surface area contributed by atoms with E-state index in [0.29, 0.717) is 6.04 Å². The second-order valence-corrected chi connectivity index (χ2v) is 6.21. The number of nitrogens with one attached hydrogen (secondary N) is 2. The van der Waals surface area contributed by atoms with E-state index in [1.165, 1.54) is 11.1 Å². The third kappa shape index (κ3) is 2.97. The van der Waals surface area contributed by atoms with Crippen molar-refractivity contribution in [3.8, 4) is 0 Å². The topological polar surface area (TPSA) is 65.4 Å². The summed E-state index contributed by atoms with van der Waals surface area (Å²) in [5.74, 6) is 1.62. The highest BCUT2D eigenvalue weighted by Gasteiger charge is 2.22. The molecule has 1 unspecified atom stereocenters. The van der Waals surface area contributed by atoms with Gasteiger partial charge in [0.15, 0.2) is 0 Å². The summed E-state index contributed by atoms with van der Waals surface area (Å²) >= 11 is 0. The van der Waals surface area contributed by atoms with E-state index in [2.05, 4.69) is 50.6 Å². The quantitative estimate of drug-likeness (QED) is 0.904. The number of piperazine rings is 1. The first-order valence-electron chi connectivity index (χ1n) is 8.53. The van der Waals surface area contributed by atoms with E-state index in [1.807, 2.05) is 18.5 Å². The molecular weight excluding hydrogens is 300 g/mol. The lowest BCUT2D eigenvalue weighted by molar-refractivity contribution is 0.459. The molecule has 2 aliphatic rings. The van der Waals surface area contributed by atoms with Crippen LogP contribution in [-0.4, -0.2) is 41.9 Å². The van der Waals surface area contributed by atoms with Crippen LogP contribution in [0.15, 0.2) is 35.5 Å². The van der Waals surface area contributed by atoms with Gasteiger partial charge in [-0.2, -0.15) is 4.98 Å². The predicted octanol–water partition coefficient (Wildman–Crippen LogP) is 2.34. The molecule has 0 bridgehead atoms. The molecule has 1 fully saturated rings. The summed E-state index contributed by atoms with van der Waals surface area (Å²) in [4.78, 5) is 15.8. The van der Waals surface area contributed by atoms with Crippen molar-refractivity contribution < 1.29 is 0 Å². The molecule has 124 valence electrons. The van der Waals surface area contributed by atoms with E-state index in [9.17, 15) is 0 Å². The summed E-state index contributed by atoms with van der Waals surface area (Å²) in [6.45, 7) is 5.90. The van der Waals surface area contributed by atoms with E-state index < -0.39 is 0 Å². The minimum absolute atomic E-state index is 0.449. The number of rotatable bonds is 4. The molecule has 2 N–H and O–H groups in total. The second-order valence-electron chi connectivity index (χ2n) is 6.21. The molecular formula is C18H22N6. The molecule has 1 aromatic carbocycles. The van der Waals surface area contributed by atoms with Crippen molar-refractivity contribution in [3.63, 3.8) is 0 Å². The Bertz CT molecular complexity index is 757. The van der Waals surface area contributed by atoms with Crippen LogP contribution >= 0.6 is 0 Å². The van der Waals surface area contributed by atoms with Crippen LogP contribution in [0.5, 0.6) is 0 Å². The molecule has 6 heteroatoms. The minimum Gasteiger partial charge on any atom is -0.340 e. The third-order valence-corrected chi connectivity index (χ3v) is 4.63. The molecule has 2 aliphatic heterocycles. The Hall–Kier alpha value is -2.47. The van der Waals surface area contributed by atoms with Gasteiger partial charge >= 0.3 is 0 Å². The maximum Gasteiger partial charge on any atom is 0.227 e. The van der Waals surface area contributed by atoms with Crippen LogP contribution in [0, 0.1) is 0 Å². The van der Waals surface area contributed by atoms with Crippen molar-refractivity contribution in [2.75, 3.05) is 29.9 Å². The zero-order valence-corrected chi connectivity index (χ0v) is 13.9. The van der Waals surface area contributed by atoms with E-state index in [1.54, 1.807) is 0 Å². The Morgan fingerprint density at radius 1 is 1.33 bits per heavy atom. The molecule has 0 aliphatic carbocycles. The summed E-state index contributed by atoms with van der Waals surface area (Å²) in [7, 11) is 0. The number of aliphatic imine (C=N–C) groups is 1. The largest absolute Gasteiger partial charge is 0.340 e. The number of benzene rings is 1. The van der Waals surface area contributed by atoms with Gasteiger partial charge in [0.25, 0.3) is 0 Å². The number of anilines is 3. The fourth-order valence-electron chi connectivity index (χ4n) is 3.27. The predicted molar refractivity (Wildman–Crippen MR) is 97.3 cm³/mol. The SMILES string of the molecule is CCC1CNCCN1c1nccc(Nc2ccc3c(c2)C=NC3)n1. The minimum atomic E-state index is 0.449. The van der Waals surface area contributed by atoms with E-state index >= 15 is 0 Å². The van der Waals surface area contributed by atoms with Gasteiger partial charge in [0.05, 0.1) is 6.54 Å². The lowest BCUT2D eigenvalue weighted by Gasteiger charge is -2.35. The first-order valence-corrected chi connectivity index (χ1v) is 8.53.